The number of nitriles is 1. The van der Waals surface area contributed by atoms with Crippen LogP contribution in [0.5, 0.6) is 0 Å². The van der Waals surface area contributed by atoms with E-state index in [1.54, 1.807) is 6.20 Å². The predicted octanol–water partition coefficient (Wildman–Crippen LogP) is 3.22. The molecular formula is C19H22N4O. The van der Waals surface area contributed by atoms with Gasteiger partial charge in [-0.25, -0.2) is 9.97 Å². The summed E-state index contributed by atoms with van der Waals surface area (Å²) >= 11 is 0. The quantitative estimate of drug-likeness (QED) is 0.935. The van der Waals surface area contributed by atoms with Crippen molar-refractivity contribution < 1.29 is 5.11 Å². The molecule has 0 unspecified atom stereocenters. The van der Waals surface area contributed by atoms with Gasteiger partial charge in [-0.1, -0.05) is 43.2 Å². The molecule has 0 amide bonds. The summed E-state index contributed by atoms with van der Waals surface area (Å²) in [5.74, 6) is 0.793. The van der Waals surface area contributed by atoms with Crippen molar-refractivity contribution >= 4 is 5.82 Å². The number of nitrogens with zero attached hydrogens (tertiary/aromatic N) is 4. The molecule has 0 bridgehead atoms. The first-order valence-electron chi connectivity index (χ1n) is 8.49. The first-order chi connectivity index (χ1) is 11.8. The molecule has 2 aromatic rings. The van der Waals surface area contributed by atoms with Crippen LogP contribution in [0, 0.1) is 11.3 Å². The van der Waals surface area contributed by atoms with Crippen LogP contribution in [0.2, 0.25) is 0 Å². The summed E-state index contributed by atoms with van der Waals surface area (Å²) in [4.78, 5) is 10.8. The maximum atomic E-state index is 10.6. The van der Waals surface area contributed by atoms with Gasteiger partial charge in [0.05, 0.1) is 18.5 Å². The minimum atomic E-state index is -0.483. The highest BCUT2D eigenvalue weighted by Crippen LogP contribution is 2.29. The minimum absolute atomic E-state index is 0.227. The van der Waals surface area contributed by atoms with Crippen molar-refractivity contribution in [2.75, 3.05) is 11.4 Å². The lowest BCUT2D eigenvalue weighted by Crippen LogP contribution is -2.36. The highest BCUT2D eigenvalue weighted by Gasteiger charge is 2.25. The van der Waals surface area contributed by atoms with Crippen LogP contribution >= 0.6 is 0 Å². The van der Waals surface area contributed by atoms with Crippen molar-refractivity contribution in [3.63, 3.8) is 0 Å². The highest BCUT2D eigenvalue weighted by molar-refractivity contribution is 5.39. The van der Waals surface area contributed by atoms with E-state index in [-0.39, 0.29) is 6.04 Å². The molecule has 24 heavy (non-hydrogen) atoms. The summed E-state index contributed by atoms with van der Waals surface area (Å²) in [7, 11) is 0. The Morgan fingerprint density at radius 3 is 2.71 bits per heavy atom. The average Bonchev–Trinajstić information content (AvgIpc) is 2.88. The molecule has 1 N–H and O–H groups in total. The van der Waals surface area contributed by atoms with Crippen LogP contribution in [0.1, 0.15) is 49.5 Å². The average molecular weight is 322 g/mol. The van der Waals surface area contributed by atoms with Crippen LogP contribution in [0.25, 0.3) is 0 Å². The van der Waals surface area contributed by atoms with Crippen molar-refractivity contribution in [2.45, 2.75) is 44.2 Å². The van der Waals surface area contributed by atoms with Crippen molar-refractivity contribution in [3.05, 3.63) is 54.0 Å². The fraction of sp³-hybridized carbons (Fsp3) is 0.421. The van der Waals surface area contributed by atoms with E-state index in [1.165, 1.54) is 12.6 Å². The molecule has 0 saturated carbocycles. The van der Waals surface area contributed by atoms with Crippen LogP contribution < -0.4 is 4.90 Å². The van der Waals surface area contributed by atoms with Gasteiger partial charge in [0.15, 0.2) is 5.69 Å². The molecule has 5 nitrogen and oxygen atoms in total. The lowest BCUT2D eigenvalue weighted by molar-refractivity contribution is 0.155. The molecule has 1 aromatic heterocycles. The summed E-state index contributed by atoms with van der Waals surface area (Å²) in [5, 5.41) is 19.5. The van der Waals surface area contributed by atoms with Gasteiger partial charge in [0.2, 0.25) is 0 Å². The zero-order valence-electron chi connectivity index (χ0n) is 13.7. The van der Waals surface area contributed by atoms with Crippen molar-refractivity contribution in [1.82, 2.24) is 9.97 Å². The SMILES string of the molecule is N#Cc1cnc(N2CCCCC[C@H]2C[C@H](O)c2ccccc2)cn1. The van der Waals surface area contributed by atoms with Gasteiger partial charge in [-0.05, 0) is 24.8 Å². The largest absolute Gasteiger partial charge is 0.388 e. The van der Waals surface area contributed by atoms with Gasteiger partial charge >= 0.3 is 0 Å². The molecule has 0 aliphatic carbocycles. The van der Waals surface area contributed by atoms with Crippen LogP contribution in [0.4, 0.5) is 5.82 Å². The summed E-state index contributed by atoms with van der Waals surface area (Å²) < 4.78 is 0. The van der Waals surface area contributed by atoms with Crippen LogP contribution in [-0.2, 0) is 0 Å². The van der Waals surface area contributed by atoms with E-state index in [9.17, 15) is 5.11 Å². The second-order valence-corrected chi connectivity index (χ2v) is 6.23. The number of aromatic nitrogens is 2. The third kappa shape index (κ3) is 3.90. The highest BCUT2D eigenvalue weighted by atomic mass is 16.3. The zero-order chi connectivity index (χ0) is 16.8. The van der Waals surface area contributed by atoms with Gasteiger partial charge in [0.1, 0.15) is 11.9 Å². The minimum Gasteiger partial charge on any atom is -0.388 e. The number of benzene rings is 1. The van der Waals surface area contributed by atoms with Crippen LogP contribution in [0.15, 0.2) is 42.7 Å². The number of aliphatic hydroxyl groups excluding tert-OH is 1. The van der Waals surface area contributed by atoms with Crippen LogP contribution in [0.3, 0.4) is 0 Å². The molecule has 0 spiro atoms. The molecule has 124 valence electrons. The normalized spacial score (nSPS) is 19.3. The summed E-state index contributed by atoms with van der Waals surface area (Å²) in [6.45, 7) is 0.909. The fourth-order valence-electron chi connectivity index (χ4n) is 3.32. The summed E-state index contributed by atoms with van der Waals surface area (Å²) in [6, 6.07) is 12.0. The first kappa shape index (κ1) is 16.4. The van der Waals surface area contributed by atoms with Gasteiger partial charge in [0.25, 0.3) is 0 Å². The van der Waals surface area contributed by atoms with E-state index in [0.29, 0.717) is 12.1 Å². The molecule has 1 fully saturated rings. The van der Waals surface area contributed by atoms with Crippen molar-refractivity contribution in [2.24, 2.45) is 0 Å². The van der Waals surface area contributed by atoms with Crippen molar-refractivity contribution in [1.29, 1.82) is 5.26 Å². The lowest BCUT2D eigenvalue weighted by Gasteiger charge is -2.32. The molecule has 2 atom stereocenters. The van der Waals surface area contributed by atoms with E-state index >= 15 is 0 Å². The third-order valence-corrected chi connectivity index (χ3v) is 4.60. The zero-order valence-corrected chi connectivity index (χ0v) is 13.7. The second-order valence-electron chi connectivity index (χ2n) is 6.23. The molecule has 5 heteroatoms. The molecule has 1 saturated heterocycles. The van der Waals surface area contributed by atoms with Crippen LogP contribution in [-0.4, -0.2) is 27.7 Å². The molecule has 3 rings (SSSR count). The number of hydrogen-bond donors (Lipinski definition) is 1. The standard InChI is InChI=1S/C19H22N4O/c20-12-16-13-22-19(14-21-16)23-10-6-2-5-9-17(23)11-18(24)15-7-3-1-4-8-15/h1,3-4,7-8,13-14,17-18,24H,2,5-6,9-11H2/t17-,18-/m0/s1. The molecule has 2 heterocycles. The number of hydrogen-bond acceptors (Lipinski definition) is 5. The van der Waals surface area contributed by atoms with Gasteiger partial charge in [-0.3, -0.25) is 0 Å². The first-order valence-corrected chi connectivity index (χ1v) is 8.49. The maximum absolute atomic E-state index is 10.6. The second kappa shape index (κ2) is 7.89. The van der Waals surface area contributed by atoms with Crippen molar-refractivity contribution in [3.8, 4) is 6.07 Å². The van der Waals surface area contributed by atoms with Gasteiger partial charge in [-0.15, -0.1) is 0 Å². The van der Waals surface area contributed by atoms with E-state index in [4.69, 9.17) is 5.26 Å². The molecule has 1 aliphatic rings. The lowest BCUT2D eigenvalue weighted by atomic mass is 9.98. The molecule has 1 aromatic carbocycles. The number of aliphatic hydroxyl groups is 1. The topological polar surface area (TPSA) is 73.0 Å². The Kier molecular flexibility index (Phi) is 5.39. The summed E-state index contributed by atoms with van der Waals surface area (Å²) in [6.07, 6.45) is 7.88. The third-order valence-electron chi connectivity index (χ3n) is 4.60. The Morgan fingerprint density at radius 2 is 2.00 bits per heavy atom. The van der Waals surface area contributed by atoms with Gasteiger partial charge in [0, 0.05) is 12.6 Å². The molecule has 1 aliphatic heterocycles. The summed E-state index contributed by atoms with van der Waals surface area (Å²) in [5.41, 5.74) is 1.28. The Hall–Kier alpha value is -2.45. The Labute approximate surface area is 142 Å². The van der Waals surface area contributed by atoms with Gasteiger partial charge < -0.3 is 10.0 Å². The van der Waals surface area contributed by atoms with Gasteiger partial charge in [-0.2, -0.15) is 5.26 Å². The number of rotatable bonds is 4. The number of anilines is 1. The Balaban J connectivity index is 1.78. The Morgan fingerprint density at radius 1 is 1.17 bits per heavy atom. The van der Waals surface area contributed by atoms with E-state index in [0.717, 1.165) is 37.2 Å². The van der Waals surface area contributed by atoms with E-state index < -0.39 is 6.10 Å². The molecule has 0 radical (unpaired) electrons. The molecular weight excluding hydrogens is 300 g/mol. The Bertz CT molecular complexity index is 681. The fourth-order valence-corrected chi connectivity index (χ4v) is 3.32. The predicted molar refractivity (Wildman–Crippen MR) is 92.4 cm³/mol. The smallest absolute Gasteiger partial charge is 0.158 e. The maximum Gasteiger partial charge on any atom is 0.158 e. The van der Waals surface area contributed by atoms with E-state index in [1.807, 2.05) is 36.4 Å². The monoisotopic (exact) mass is 322 g/mol. The van der Waals surface area contributed by atoms with E-state index in [2.05, 4.69) is 14.9 Å².